The summed E-state index contributed by atoms with van der Waals surface area (Å²) in [7, 11) is 0. The second-order valence-electron chi connectivity index (χ2n) is 14.3. The van der Waals surface area contributed by atoms with Crippen molar-refractivity contribution in [3.8, 4) is 11.5 Å². The van der Waals surface area contributed by atoms with Crippen LogP contribution in [0, 0.1) is 5.41 Å². The quantitative estimate of drug-likeness (QED) is 0.309. The summed E-state index contributed by atoms with van der Waals surface area (Å²) in [6, 6.07) is 4.11. The second-order valence-corrected chi connectivity index (χ2v) is 14.3. The minimum Gasteiger partial charge on any atom is -0.465 e. The third-order valence-electron chi connectivity index (χ3n) is 10.1. The molecular formula is C33H45NO8. The van der Waals surface area contributed by atoms with Gasteiger partial charge in [-0.3, -0.25) is 9.69 Å². The predicted octanol–water partition coefficient (Wildman–Crippen LogP) is 4.17. The van der Waals surface area contributed by atoms with Gasteiger partial charge in [0, 0.05) is 17.9 Å². The Hall–Kier alpha value is -2.62. The van der Waals surface area contributed by atoms with Gasteiger partial charge in [0.2, 0.25) is 6.79 Å². The van der Waals surface area contributed by atoms with Crippen LogP contribution < -0.4 is 9.47 Å². The molecule has 3 aliphatic heterocycles. The highest BCUT2D eigenvalue weighted by Crippen LogP contribution is 2.55. The van der Waals surface area contributed by atoms with E-state index in [-0.39, 0.29) is 36.7 Å². The Bertz CT molecular complexity index is 1280. The van der Waals surface area contributed by atoms with Crippen LogP contribution in [0.15, 0.2) is 23.8 Å². The minimum absolute atomic E-state index is 0.00968. The molecule has 0 amide bonds. The van der Waals surface area contributed by atoms with Crippen molar-refractivity contribution in [2.24, 2.45) is 5.41 Å². The highest BCUT2D eigenvalue weighted by Gasteiger charge is 2.57. The number of ether oxygens (including phenoxy) is 4. The molecule has 5 aliphatic rings. The average Bonchev–Trinajstić information content (AvgIpc) is 3.20. The molecule has 1 spiro atoms. The number of hydrogen-bond donors (Lipinski definition) is 2. The molecule has 1 aromatic carbocycles. The van der Waals surface area contributed by atoms with Crippen molar-refractivity contribution in [2.45, 2.75) is 114 Å². The molecule has 0 aromatic heterocycles. The Morgan fingerprint density at radius 3 is 2.55 bits per heavy atom. The molecule has 9 heteroatoms. The van der Waals surface area contributed by atoms with E-state index in [0.717, 1.165) is 67.6 Å². The smallest absolute Gasteiger partial charge is 0.339 e. The van der Waals surface area contributed by atoms with Gasteiger partial charge in [0.1, 0.15) is 6.10 Å². The van der Waals surface area contributed by atoms with Crippen molar-refractivity contribution in [1.82, 2.24) is 4.90 Å². The first-order chi connectivity index (χ1) is 19.8. The van der Waals surface area contributed by atoms with Crippen molar-refractivity contribution in [2.75, 3.05) is 26.5 Å². The van der Waals surface area contributed by atoms with Crippen LogP contribution in [0.4, 0.5) is 0 Å². The van der Waals surface area contributed by atoms with E-state index in [1.54, 1.807) is 13.8 Å². The molecule has 0 bridgehead atoms. The topological polar surface area (TPSA) is 115 Å². The standard InChI is InChI=1S/C33H45NO8/c1-21-17-32-9-6-13-34(32)14-7-22-15-24-25(41-20-40-24)16-23(22)27(32)28(21)42-29(36)33(38,10-5-8-30(2,3)37)18-26(35)39-19-31(4)11-12-31/h15-17,27-28,37-38H,5-14,18-20H2,1-4H3/t27-,28?,32-,33-/m1/s1. The van der Waals surface area contributed by atoms with E-state index in [0.29, 0.717) is 18.6 Å². The molecular weight excluding hydrogens is 538 g/mol. The van der Waals surface area contributed by atoms with E-state index < -0.39 is 35.7 Å². The Labute approximate surface area is 248 Å². The van der Waals surface area contributed by atoms with Crippen LogP contribution in [0.3, 0.4) is 0 Å². The van der Waals surface area contributed by atoms with Gasteiger partial charge in [0.15, 0.2) is 17.1 Å². The third-order valence-corrected chi connectivity index (χ3v) is 10.1. The number of rotatable bonds is 10. The number of hydrogen-bond acceptors (Lipinski definition) is 9. The van der Waals surface area contributed by atoms with Gasteiger partial charge in [-0.05, 0) is 108 Å². The molecule has 1 saturated carbocycles. The summed E-state index contributed by atoms with van der Waals surface area (Å²) in [5.41, 5.74) is -0.174. The SMILES string of the molecule is CC1=C[C@@]23CCCN2CCc2cc4c(cc2[C@@H]3C1OC(=O)[C@@](O)(CCCC(C)(C)O)CC(=O)OCC1(C)CC1)OCO4. The fraction of sp³-hybridized carbons (Fsp3) is 0.697. The lowest BCUT2D eigenvalue weighted by Gasteiger charge is -2.40. The molecule has 2 aliphatic carbocycles. The first-order valence-corrected chi connectivity index (χ1v) is 15.5. The van der Waals surface area contributed by atoms with Crippen molar-refractivity contribution in [1.29, 1.82) is 0 Å². The second kappa shape index (κ2) is 10.5. The number of esters is 2. The van der Waals surface area contributed by atoms with Gasteiger partial charge in [-0.2, -0.15) is 0 Å². The van der Waals surface area contributed by atoms with Crippen LogP contribution in [0.2, 0.25) is 0 Å². The average molecular weight is 584 g/mol. The van der Waals surface area contributed by atoms with E-state index in [4.69, 9.17) is 18.9 Å². The maximum atomic E-state index is 14.0. The molecule has 3 heterocycles. The number of carbonyl (C=O) groups is 2. The summed E-state index contributed by atoms with van der Waals surface area (Å²) in [5, 5.41) is 22.0. The summed E-state index contributed by atoms with van der Waals surface area (Å²) in [6.07, 6.45) is 6.67. The zero-order chi connectivity index (χ0) is 29.9. The molecule has 9 nitrogen and oxygen atoms in total. The minimum atomic E-state index is -2.07. The van der Waals surface area contributed by atoms with E-state index in [9.17, 15) is 19.8 Å². The number of carbonyl (C=O) groups excluding carboxylic acids is 2. The monoisotopic (exact) mass is 583 g/mol. The van der Waals surface area contributed by atoms with E-state index in [1.165, 1.54) is 0 Å². The molecule has 1 aromatic rings. The normalized spacial score (nSPS) is 28.6. The Kier molecular flexibility index (Phi) is 7.38. The van der Waals surface area contributed by atoms with Gasteiger partial charge in [-0.25, -0.2) is 4.79 Å². The summed E-state index contributed by atoms with van der Waals surface area (Å²) < 4.78 is 23.2. The van der Waals surface area contributed by atoms with Crippen molar-refractivity contribution in [3.05, 3.63) is 34.9 Å². The Balaban J connectivity index is 1.28. The van der Waals surface area contributed by atoms with Gasteiger partial charge in [0.05, 0.1) is 24.2 Å². The van der Waals surface area contributed by atoms with E-state index >= 15 is 0 Å². The van der Waals surface area contributed by atoms with E-state index in [1.807, 2.05) is 13.0 Å². The van der Waals surface area contributed by atoms with Crippen molar-refractivity contribution >= 4 is 11.9 Å². The molecule has 0 radical (unpaired) electrons. The maximum absolute atomic E-state index is 14.0. The summed E-state index contributed by atoms with van der Waals surface area (Å²) in [4.78, 5) is 29.4. The van der Waals surface area contributed by atoms with Gasteiger partial charge >= 0.3 is 11.9 Å². The highest BCUT2D eigenvalue weighted by atomic mass is 16.7. The third kappa shape index (κ3) is 5.55. The maximum Gasteiger partial charge on any atom is 0.339 e. The molecule has 2 N–H and O–H groups in total. The molecule has 1 saturated heterocycles. The molecule has 1 unspecified atom stereocenters. The number of benzene rings is 1. The van der Waals surface area contributed by atoms with Crippen LogP contribution in [-0.4, -0.2) is 76.4 Å². The van der Waals surface area contributed by atoms with Gasteiger partial charge in [0.25, 0.3) is 0 Å². The fourth-order valence-corrected chi connectivity index (χ4v) is 7.40. The lowest BCUT2D eigenvalue weighted by Crippen LogP contribution is -2.49. The van der Waals surface area contributed by atoms with Gasteiger partial charge < -0.3 is 29.2 Å². The Morgan fingerprint density at radius 2 is 1.83 bits per heavy atom. The fourth-order valence-electron chi connectivity index (χ4n) is 7.40. The summed E-state index contributed by atoms with van der Waals surface area (Å²) >= 11 is 0. The van der Waals surface area contributed by atoms with Crippen LogP contribution in [0.25, 0.3) is 0 Å². The van der Waals surface area contributed by atoms with Crippen LogP contribution in [0.1, 0.15) is 96.1 Å². The molecule has 42 heavy (non-hydrogen) atoms. The molecule has 6 rings (SSSR count). The first-order valence-electron chi connectivity index (χ1n) is 15.5. The van der Waals surface area contributed by atoms with E-state index in [2.05, 4.69) is 24.0 Å². The van der Waals surface area contributed by atoms with Gasteiger partial charge in [-0.1, -0.05) is 13.0 Å². The molecule has 230 valence electrons. The van der Waals surface area contributed by atoms with Crippen molar-refractivity contribution < 1.29 is 38.7 Å². The summed E-state index contributed by atoms with van der Waals surface area (Å²) in [6.45, 7) is 9.72. The molecule has 2 fully saturated rings. The summed E-state index contributed by atoms with van der Waals surface area (Å²) in [5.74, 6) is -0.187. The van der Waals surface area contributed by atoms with Crippen LogP contribution >= 0.6 is 0 Å². The Morgan fingerprint density at radius 1 is 1.10 bits per heavy atom. The van der Waals surface area contributed by atoms with Gasteiger partial charge in [-0.15, -0.1) is 0 Å². The highest BCUT2D eigenvalue weighted by molar-refractivity contribution is 5.86. The zero-order valence-electron chi connectivity index (χ0n) is 25.4. The number of aliphatic hydroxyl groups is 2. The van der Waals surface area contributed by atoms with Crippen molar-refractivity contribution in [3.63, 3.8) is 0 Å². The number of fused-ring (bicyclic) bond motifs is 3. The number of nitrogens with zero attached hydrogens (tertiary/aromatic N) is 1. The molecule has 4 atom stereocenters. The first kappa shape index (κ1) is 29.5. The van der Waals surface area contributed by atoms with Crippen LogP contribution in [-0.2, 0) is 25.5 Å². The largest absolute Gasteiger partial charge is 0.465 e. The zero-order valence-corrected chi connectivity index (χ0v) is 25.4. The lowest BCUT2D eigenvalue weighted by molar-refractivity contribution is -0.178. The van der Waals surface area contributed by atoms with Crippen LogP contribution in [0.5, 0.6) is 11.5 Å². The predicted molar refractivity (Wildman–Crippen MR) is 154 cm³/mol. The lowest BCUT2D eigenvalue weighted by atomic mass is 9.77.